The third kappa shape index (κ3) is 6.18. The van der Waals surface area contributed by atoms with Gasteiger partial charge in [0, 0.05) is 6.42 Å². The first kappa shape index (κ1) is 15.4. The largest absolute Gasteiger partial charge is 0.273 e. The smallest absolute Gasteiger partial charge is 0.240 e. The van der Waals surface area contributed by atoms with Gasteiger partial charge >= 0.3 is 0 Å². The summed E-state index contributed by atoms with van der Waals surface area (Å²) >= 11 is 0. The first-order valence-electron chi connectivity index (χ1n) is 7.05. The van der Waals surface area contributed by atoms with E-state index < -0.39 is 0 Å². The van der Waals surface area contributed by atoms with Crippen LogP contribution in [0.4, 0.5) is 0 Å². The minimum atomic E-state index is -0.0106. The molecule has 0 fully saturated rings. The molecule has 0 radical (unpaired) electrons. The lowest BCUT2D eigenvalue weighted by Gasteiger charge is -2.04. The van der Waals surface area contributed by atoms with Crippen molar-refractivity contribution < 1.29 is 4.79 Å². The van der Waals surface area contributed by atoms with Gasteiger partial charge in [-0.1, -0.05) is 57.9 Å². The van der Waals surface area contributed by atoms with Crippen LogP contribution in [0.2, 0.25) is 0 Å². The average Bonchev–Trinajstić information content (AvgIpc) is 2.39. The molecule has 0 saturated carbocycles. The van der Waals surface area contributed by atoms with Gasteiger partial charge in [0.15, 0.2) is 0 Å². The van der Waals surface area contributed by atoms with E-state index in [0.29, 0.717) is 12.3 Å². The van der Waals surface area contributed by atoms with Gasteiger partial charge in [0.1, 0.15) is 0 Å². The molecule has 0 heterocycles. The highest BCUT2D eigenvalue weighted by atomic mass is 16.2. The van der Waals surface area contributed by atoms with Crippen molar-refractivity contribution in [3.63, 3.8) is 0 Å². The normalized spacial score (nSPS) is 11.2. The molecule has 0 spiro atoms. The minimum absolute atomic E-state index is 0.0106. The third-order valence-electron chi connectivity index (χ3n) is 3.01. The molecular weight excluding hydrogens is 236 g/mol. The Hall–Kier alpha value is -1.64. The number of nitrogens with one attached hydrogen (secondary N) is 1. The topological polar surface area (TPSA) is 41.5 Å². The molecule has 1 rings (SSSR count). The lowest BCUT2D eigenvalue weighted by atomic mass is 10.0. The number of unbranched alkanes of at least 4 members (excludes halogenated alkanes) is 2. The van der Waals surface area contributed by atoms with Crippen LogP contribution in [-0.2, 0) is 4.79 Å². The fraction of sp³-hybridized carbons (Fsp3) is 0.500. The van der Waals surface area contributed by atoms with Gasteiger partial charge in [-0.25, -0.2) is 5.43 Å². The Balaban J connectivity index is 2.37. The molecule has 0 aliphatic rings. The highest BCUT2D eigenvalue weighted by Gasteiger charge is 1.99. The Morgan fingerprint density at radius 3 is 2.53 bits per heavy atom. The van der Waals surface area contributed by atoms with E-state index in [1.54, 1.807) is 6.21 Å². The lowest BCUT2D eigenvalue weighted by Crippen LogP contribution is -2.16. The van der Waals surface area contributed by atoms with Gasteiger partial charge < -0.3 is 0 Å². The van der Waals surface area contributed by atoms with Crippen LogP contribution < -0.4 is 5.43 Å². The van der Waals surface area contributed by atoms with Crippen LogP contribution in [0.15, 0.2) is 29.4 Å². The van der Waals surface area contributed by atoms with Crippen LogP contribution in [-0.4, -0.2) is 12.1 Å². The van der Waals surface area contributed by atoms with Crippen molar-refractivity contribution in [1.29, 1.82) is 0 Å². The Bertz CT molecular complexity index is 407. The maximum Gasteiger partial charge on any atom is 0.240 e. The highest BCUT2D eigenvalue weighted by molar-refractivity contribution is 5.82. The summed E-state index contributed by atoms with van der Waals surface area (Å²) < 4.78 is 0. The standard InChI is InChI=1S/C16H24N2O/c1-4-5-6-7-16(19)18-17-12-14-8-10-15(11-9-14)13(2)3/h8-13H,4-7H2,1-3H3,(H,18,19)/b17-12+. The molecule has 0 aromatic heterocycles. The summed E-state index contributed by atoms with van der Waals surface area (Å²) in [6, 6.07) is 8.22. The zero-order chi connectivity index (χ0) is 14.1. The number of hydrogen-bond acceptors (Lipinski definition) is 2. The second kappa shape index (κ2) is 8.46. The van der Waals surface area contributed by atoms with Crippen molar-refractivity contribution in [2.75, 3.05) is 0 Å². The van der Waals surface area contributed by atoms with E-state index >= 15 is 0 Å². The van der Waals surface area contributed by atoms with Gasteiger partial charge in [-0.05, 0) is 23.5 Å². The van der Waals surface area contributed by atoms with E-state index in [0.717, 1.165) is 24.8 Å². The van der Waals surface area contributed by atoms with Crippen molar-refractivity contribution in [2.45, 2.75) is 52.4 Å². The van der Waals surface area contributed by atoms with Crippen LogP contribution in [0.25, 0.3) is 0 Å². The summed E-state index contributed by atoms with van der Waals surface area (Å²) in [6.07, 6.45) is 5.38. The second-order valence-electron chi connectivity index (χ2n) is 5.07. The zero-order valence-electron chi connectivity index (χ0n) is 12.1. The van der Waals surface area contributed by atoms with Gasteiger partial charge in [-0.15, -0.1) is 0 Å². The fourth-order valence-electron chi connectivity index (χ4n) is 1.74. The molecular formula is C16H24N2O. The van der Waals surface area contributed by atoms with Crippen LogP contribution in [0.1, 0.15) is 63.5 Å². The van der Waals surface area contributed by atoms with E-state index in [2.05, 4.69) is 43.4 Å². The molecule has 104 valence electrons. The number of nitrogens with zero attached hydrogens (tertiary/aromatic N) is 1. The Kier molecular flexibility index (Phi) is 6.86. The summed E-state index contributed by atoms with van der Waals surface area (Å²) in [5.41, 5.74) is 4.86. The van der Waals surface area contributed by atoms with Gasteiger partial charge in [0.25, 0.3) is 0 Å². The van der Waals surface area contributed by atoms with Crippen LogP contribution in [0, 0.1) is 0 Å². The molecule has 0 saturated heterocycles. The number of rotatable bonds is 7. The summed E-state index contributed by atoms with van der Waals surface area (Å²) in [7, 11) is 0. The average molecular weight is 260 g/mol. The summed E-state index contributed by atoms with van der Waals surface area (Å²) in [5, 5.41) is 3.97. The molecule has 0 aliphatic carbocycles. The van der Waals surface area contributed by atoms with Gasteiger partial charge in [-0.3, -0.25) is 4.79 Å². The van der Waals surface area contributed by atoms with E-state index in [-0.39, 0.29) is 5.91 Å². The monoisotopic (exact) mass is 260 g/mol. The van der Waals surface area contributed by atoms with Gasteiger partial charge in [0.05, 0.1) is 6.21 Å². The molecule has 1 aromatic carbocycles. The minimum Gasteiger partial charge on any atom is -0.273 e. The third-order valence-corrected chi connectivity index (χ3v) is 3.01. The van der Waals surface area contributed by atoms with Crippen LogP contribution in [0.3, 0.4) is 0 Å². The molecule has 0 aliphatic heterocycles. The number of amides is 1. The molecule has 0 atom stereocenters. The summed E-state index contributed by atoms with van der Waals surface area (Å²) in [4.78, 5) is 11.4. The van der Waals surface area contributed by atoms with E-state index in [9.17, 15) is 4.79 Å². The molecule has 3 heteroatoms. The van der Waals surface area contributed by atoms with Gasteiger partial charge in [0.2, 0.25) is 5.91 Å². The van der Waals surface area contributed by atoms with Crippen molar-refractivity contribution in [3.05, 3.63) is 35.4 Å². The number of hydrazone groups is 1. The Labute approximate surface area is 116 Å². The number of benzene rings is 1. The molecule has 0 bridgehead atoms. The number of carbonyl (C=O) groups excluding carboxylic acids is 1. The van der Waals surface area contributed by atoms with Crippen LogP contribution in [0.5, 0.6) is 0 Å². The predicted octanol–water partition coefficient (Wildman–Crippen LogP) is 3.84. The lowest BCUT2D eigenvalue weighted by molar-refractivity contribution is -0.121. The Morgan fingerprint density at radius 1 is 1.26 bits per heavy atom. The predicted molar refractivity (Wildman–Crippen MR) is 80.4 cm³/mol. The molecule has 19 heavy (non-hydrogen) atoms. The number of carbonyl (C=O) groups is 1. The molecule has 3 nitrogen and oxygen atoms in total. The summed E-state index contributed by atoms with van der Waals surface area (Å²) in [5.74, 6) is 0.521. The van der Waals surface area contributed by atoms with E-state index in [4.69, 9.17) is 0 Å². The molecule has 1 amide bonds. The van der Waals surface area contributed by atoms with Gasteiger partial charge in [-0.2, -0.15) is 5.10 Å². The van der Waals surface area contributed by atoms with Crippen molar-refractivity contribution in [1.82, 2.24) is 5.43 Å². The first-order chi connectivity index (χ1) is 9.13. The Morgan fingerprint density at radius 2 is 1.95 bits per heavy atom. The zero-order valence-corrected chi connectivity index (χ0v) is 12.1. The first-order valence-corrected chi connectivity index (χ1v) is 7.05. The second-order valence-corrected chi connectivity index (χ2v) is 5.07. The van der Waals surface area contributed by atoms with Crippen molar-refractivity contribution in [2.24, 2.45) is 5.10 Å². The maximum atomic E-state index is 11.4. The highest BCUT2D eigenvalue weighted by Crippen LogP contribution is 2.13. The fourth-order valence-corrected chi connectivity index (χ4v) is 1.74. The van der Waals surface area contributed by atoms with Crippen molar-refractivity contribution in [3.8, 4) is 0 Å². The summed E-state index contributed by atoms with van der Waals surface area (Å²) in [6.45, 7) is 6.45. The van der Waals surface area contributed by atoms with E-state index in [1.165, 1.54) is 5.56 Å². The molecule has 1 aromatic rings. The maximum absolute atomic E-state index is 11.4. The quantitative estimate of drug-likeness (QED) is 0.451. The molecule has 0 unspecified atom stereocenters. The van der Waals surface area contributed by atoms with E-state index in [1.807, 2.05) is 12.1 Å². The van der Waals surface area contributed by atoms with Crippen LogP contribution >= 0.6 is 0 Å². The number of hydrogen-bond donors (Lipinski definition) is 1. The SMILES string of the molecule is CCCCCC(=O)N/N=C/c1ccc(C(C)C)cc1. The molecule has 1 N–H and O–H groups in total. The van der Waals surface area contributed by atoms with Crippen molar-refractivity contribution >= 4 is 12.1 Å².